The van der Waals surface area contributed by atoms with Gasteiger partial charge in [-0.1, -0.05) is 6.07 Å². The third kappa shape index (κ3) is 2.44. The van der Waals surface area contributed by atoms with E-state index in [1.165, 1.54) is 19.3 Å². The van der Waals surface area contributed by atoms with Gasteiger partial charge in [-0.2, -0.15) is 0 Å². The summed E-state index contributed by atoms with van der Waals surface area (Å²) in [6.07, 6.45) is 3.65. The lowest BCUT2D eigenvalue weighted by molar-refractivity contribution is 0.0698. The van der Waals surface area contributed by atoms with Crippen LogP contribution in [0.25, 0.3) is 0 Å². The second-order valence-corrected chi connectivity index (χ2v) is 6.00. The maximum Gasteiger partial charge on any atom is 0.272 e. The Kier molecular flexibility index (Phi) is 3.17. The summed E-state index contributed by atoms with van der Waals surface area (Å²) in [5.74, 6) is 1.61. The van der Waals surface area contributed by atoms with Gasteiger partial charge in [0.25, 0.3) is 5.91 Å². The van der Waals surface area contributed by atoms with Gasteiger partial charge >= 0.3 is 0 Å². The minimum atomic E-state index is 0.0969. The Balaban J connectivity index is 1.76. The molecule has 19 heavy (non-hydrogen) atoms. The lowest BCUT2D eigenvalue weighted by Gasteiger charge is -2.26. The minimum Gasteiger partial charge on any atom is -0.368 e. The molecule has 0 spiro atoms. The Morgan fingerprint density at radius 3 is 2.89 bits per heavy atom. The fraction of sp³-hybridized carbons (Fsp3) is 0.600. The van der Waals surface area contributed by atoms with Crippen molar-refractivity contribution in [1.82, 2.24) is 9.88 Å². The summed E-state index contributed by atoms with van der Waals surface area (Å²) in [4.78, 5) is 19.0. The van der Waals surface area contributed by atoms with Crippen LogP contribution in [-0.2, 0) is 0 Å². The predicted octanol–water partition coefficient (Wildman–Crippen LogP) is 2.53. The van der Waals surface area contributed by atoms with Crippen molar-refractivity contribution < 1.29 is 4.79 Å². The molecule has 1 N–H and O–H groups in total. The van der Waals surface area contributed by atoms with E-state index in [-0.39, 0.29) is 5.91 Å². The summed E-state index contributed by atoms with van der Waals surface area (Å²) in [7, 11) is 0. The van der Waals surface area contributed by atoms with Crippen LogP contribution in [0.1, 0.15) is 43.6 Å². The van der Waals surface area contributed by atoms with E-state index in [0.717, 1.165) is 18.3 Å². The first-order chi connectivity index (χ1) is 9.13. The van der Waals surface area contributed by atoms with Crippen LogP contribution in [0.2, 0.25) is 0 Å². The third-order valence-electron chi connectivity index (χ3n) is 4.07. The van der Waals surface area contributed by atoms with Crippen molar-refractivity contribution >= 4 is 11.7 Å². The van der Waals surface area contributed by atoms with Gasteiger partial charge in [-0.05, 0) is 51.2 Å². The van der Waals surface area contributed by atoms with Crippen LogP contribution in [0, 0.1) is 5.92 Å². The summed E-state index contributed by atoms with van der Waals surface area (Å²) < 4.78 is 0. The maximum absolute atomic E-state index is 12.5. The van der Waals surface area contributed by atoms with Gasteiger partial charge in [0.2, 0.25) is 0 Å². The number of pyridine rings is 1. The smallest absolute Gasteiger partial charge is 0.272 e. The van der Waals surface area contributed by atoms with Crippen molar-refractivity contribution in [2.45, 2.75) is 45.2 Å². The molecule has 0 aromatic carbocycles. The molecule has 2 aliphatic rings. The molecule has 3 rings (SSSR count). The zero-order valence-electron chi connectivity index (χ0n) is 11.6. The third-order valence-corrected chi connectivity index (χ3v) is 4.07. The number of nitrogens with zero attached hydrogens (tertiary/aromatic N) is 2. The molecule has 1 amide bonds. The molecule has 2 bridgehead atoms. The van der Waals surface area contributed by atoms with Gasteiger partial charge in [0, 0.05) is 18.6 Å². The molecule has 1 aromatic heterocycles. The molecule has 0 radical (unpaired) electrons. The van der Waals surface area contributed by atoms with E-state index < -0.39 is 0 Å². The first-order valence-corrected chi connectivity index (χ1v) is 7.18. The van der Waals surface area contributed by atoms with Gasteiger partial charge in [-0.15, -0.1) is 0 Å². The monoisotopic (exact) mass is 259 g/mol. The van der Waals surface area contributed by atoms with E-state index in [9.17, 15) is 4.79 Å². The molecule has 1 aromatic rings. The second-order valence-electron chi connectivity index (χ2n) is 6.00. The van der Waals surface area contributed by atoms with Gasteiger partial charge in [0.05, 0.1) is 0 Å². The van der Waals surface area contributed by atoms with Crippen molar-refractivity contribution in [3.8, 4) is 0 Å². The molecule has 1 saturated heterocycles. The topological polar surface area (TPSA) is 45.2 Å². The fourth-order valence-corrected chi connectivity index (χ4v) is 3.25. The summed E-state index contributed by atoms with van der Waals surface area (Å²) in [6, 6.07) is 6.41. The molecule has 2 atom stereocenters. The average Bonchev–Trinajstić information content (AvgIpc) is 2.99. The highest BCUT2D eigenvalue weighted by Crippen LogP contribution is 2.37. The number of rotatable bonds is 3. The number of carbonyl (C=O) groups is 1. The van der Waals surface area contributed by atoms with Gasteiger partial charge < -0.3 is 10.2 Å². The SMILES string of the molecule is CC(C)Nc1cccc(C(=O)N2CC3CCC2C3)n1. The standard InChI is InChI=1S/C15H21N3O/c1-10(2)16-14-5-3-4-13(17-14)15(19)18-9-11-6-7-12(18)8-11/h3-5,10-12H,6-9H2,1-2H3,(H,16,17). The lowest BCUT2D eigenvalue weighted by atomic mass is 10.1. The summed E-state index contributed by atoms with van der Waals surface area (Å²) in [5.41, 5.74) is 0.568. The number of hydrogen-bond acceptors (Lipinski definition) is 3. The number of piperidine rings is 1. The molecule has 4 nitrogen and oxygen atoms in total. The highest BCUT2D eigenvalue weighted by atomic mass is 16.2. The van der Waals surface area contributed by atoms with E-state index in [4.69, 9.17) is 0 Å². The summed E-state index contributed by atoms with van der Waals surface area (Å²) in [6.45, 7) is 5.05. The van der Waals surface area contributed by atoms with E-state index in [1.54, 1.807) is 0 Å². The first kappa shape index (κ1) is 12.5. The zero-order valence-corrected chi connectivity index (χ0v) is 11.6. The Morgan fingerprint density at radius 2 is 2.26 bits per heavy atom. The fourth-order valence-electron chi connectivity index (χ4n) is 3.25. The number of amides is 1. The van der Waals surface area contributed by atoms with Crippen LogP contribution >= 0.6 is 0 Å². The zero-order chi connectivity index (χ0) is 13.4. The molecular formula is C15H21N3O. The van der Waals surface area contributed by atoms with Crippen LogP contribution in [0.5, 0.6) is 0 Å². The van der Waals surface area contributed by atoms with Crippen molar-refractivity contribution in [3.63, 3.8) is 0 Å². The van der Waals surface area contributed by atoms with Crippen LogP contribution in [-0.4, -0.2) is 34.4 Å². The molecule has 1 saturated carbocycles. The highest BCUT2D eigenvalue weighted by molar-refractivity contribution is 5.93. The molecule has 2 heterocycles. The van der Waals surface area contributed by atoms with Crippen LogP contribution in [0.3, 0.4) is 0 Å². The summed E-state index contributed by atoms with van der Waals surface area (Å²) in [5, 5.41) is 3.24. The minimum absolute atomic E-state index is 0.0969. The molecule has 2 fully saturated rings. The van der Waals surface area contributed by atoms with Crippen molar-refractivity contribution in [1.29, 1.82) is 0 Å². The Hall–Kier alpha value is -1.58. The normalized spacial score (nSPS) is 25.1. The molecular weight excluding hydrogens is 238 g/mol. The molecule has 4 heteroatoms. The number of hydrogen-bond donors (Lipinski definition) is 1. The highest BCUT2D eigenvalue weighted by Gasteiger charge is 2.40. The van der Waals surface area contributed by atoms with Crippen LogP contribution in [0.15, 0.2) is 18.2 Å². The number of carbonyl (C=O) groups excluding carboxylic acids is 1. The predicted molar refractivity (Wildman–Crippen MR) is 75.2 cm³/mol. The largest absolute Gasteiger partial charge is 0.368 e. The number of fused-ring (bicyclic) bond motifs is 2. The molecule has 2 unspecified atom stereocenters. The number of nitrogens with one attached hydrogen (secondary N) is 1. The van der Waals surface area contributed by atoms with Crippen molar-refractivity contribution in [3.05, 3.63) is 23.9 Å². The second kappa shape index (κ2) is 4.83. The van der Waals surface area contributed by atoms with Crippen LogP contribution in [0.4, 0.5) is 5.82 Å². The van der Waals surface area contributed by atoms with Gasteiger partial charge in [0.1, 0.15) is 11.5 Å². The molecule has 1 aliphatic carbocycles. The van der Waals surface area contributed by atoms with E-state index in [0.29, 0.717) is 17.8 Å². The van der Waals surface area contributed by atoms with E-state index >= 15 is 0 Å². The Labute approximate surface area is 114 Å². The lowest BCUT2D eigenvalue weighted by Crippen LogP contribution is -2.38. The van der Waals surface area contributed by atoms with E-state index in [1.807, 2.05) is 23.1 Å². The molecule has 1 aliphatic heterocycles. The first-order valence-electron chi connectivity index (χ1n) is 7.18. The van der Waals surface area contributed by atoms with Crippen molar-refractivity contribution in [2.24, 2.45) is 5.92 Å². The summed E-state index contributed by atoms with van der Waals surface area (Å²) >= 11 is 0. The maximum atomic E-state index is 12.5. The van der Waals surface area contributed by atoms with Gasteiger partial charge in [-0.25, -0.2) is 4.98 Å². The Bertz CT molecular complexity index is 486. The molecule has 102 valence electrons. The number of aromatic nitrogens is 1. The average molecular weight is 259 g/mol. The van der Waals surface area contributed by atoms with Gasteiger partial charge in [0.15, 0.2) is 0 Å². The Morgan fingerprint density at radius 1 is 1.42 bits per heavy atom. The number of anilines is 1. The van der Waals surface area contributed by atoms with Crippen molar-refractivity contribution in [2.75, 3.05) is 11.9 Å². The van der Waals surface area contributed by atoms with Crippen LogP contribution < -0.4 is 5.32 Å². The number of likely N-dealkylation sites (tertiary alicyclic amines) is 1. The quantitative estimate of drug-likeness (QED) is 0.907. The van der Waals surface area contributed by atoms with Gasteiger partial charge in [-0.3, -0.25) is 4.79 Å². The van der Waals surface area contributed by atoms with E-state index in [2.05, 4.69) is 24.1 Å².